The zero-order valence-electron chi connectivity index (χ0n) is 55.9. The van der Waals surface area contributed by atoms with Crippen LogP contribution in [0, 0.1) is 54.2 Å². The van der Waals surface area contributed by atoms with Crippen molar-refractivity contribution in [2.45, 2.75) is 79.2 Å². The number of nitrogens with one attached hydrogen (secondary N) is 2. The summed E-state index contributed by atoms with van der Waals surface area (Å²) in [5, 5.41) is 46.4. The number of fused-ring (bicyclic) bond motifs is 15. The number of hydrogen-bond donors (Lipinski definition) is 2. The van der Waals surface area contributed by atoms with Crippen molar-refractivity contribution in [1.82, 2.24) is 68.9 Å². The second-order valence-electron chi connectivity index (χ2n) is 27.3. The third-order valence-electron chi connectivity index (χ3n) is 20.4. The van der Waals surface area contributed by atoms with E-state index >= 15 is 0 Å². The van der Waals surface area contributed by atoms with Crippen molar-refractivity contribution in [3.8, 4) is 97.1 Å². The quantitative estimate of drug-likeness (QED) is 0.146. The molecule has 2 N–H and O–H groups in total. The fraction of sp³-hybridized carbons (Fsp3) is 0.282. The van der Waals surface area contributed by atoms with Gasteiger partial charge in [0.2, 0.25) is 5.82 Å². The zero-order chi connectivity index (χ0) is 66.9. The molecule has 0 saturated carbocycles. The van der Waals surface area contributed by atoms with Crippen molar-refractivity contribution >= 4 is 17.1 Å². The number of piperazine rings is 1. The molecule has 98 heavy (non-hydrogen) atoms. The summed E-state index contributed by atoms with van der Waals surface area (Å²) in [5.41, 5.74) is 24.0. The molecule has 6 aliphatic rings. The molecular weight excluding hydrogens is 1220 g/mol. The molecule has 0 bridgehead atoms. The van der Waals surface area contributed by atoms with E-state index in [0.29, 0.717) is 41.5 Å². The third kappa shape index (κ3) is 11.6. The van der Waals surface area contributed by atoms with Gasteiger partial charge in [-0.2, -0.15) is 15.2 Å². The van der Waals surface area contributed by atoms with Crippen LogP contribution in [0.4, 0.5) is 21.5 Å². The van der Waals surface area contributed by atoms with Crippen LogP contribution in [0.1, 0.15) is 72.8 Å². The van der Waals surface area contributed by atoms with Gasteiger partial charge in [0, 0.05) is 129 Å². The minimum absolute atomic E-state index is 0.239. The van der Waals surface area contributed by atoms with Crippen molar-refractivity contribution < 1.29 is 4.39 Å². The van der Waals surface area contributed by atoms with Crippen molar-refractivity contribution in [3.63, 3.8) is 0 Å². The number of benzene rings is 6. The Hall–Kier alpha value is -11.2. The number of anilines is 3. The molecule has 12 heterocycles. The molecule has 0 radical (unpaired) electrons. The van der Waals surface area contributed by atoms with Crippen molar-refractivity contribution in [2.24, 2.45) is 11.8 Å². The molecule has 490 valence electrons. The highest BCUT2D eigenvalue weighted by Crippen LogP contribution is 2.41. The summed E-state index contributed by atoms with van der Waals surface area (Å²) < 4.78 is 26.4. The van der Waals surface area contributed by atoms with Gasteiger partial charge in [0.1, 0.15) is 12.1 Å². The Labute approximate surface area is 569 Å². The SMILES string of the molecule is CNCC1CCN(c2ccc3c(c2)Cn2cc(-c4ccc(C#N)cc4)cc2-c2nc(C)c(C)n2-3)C1.C[C@@H]1CCN(c2ccc3c(c2)Cn2cc(-c4ccc(C#N)cc4)cc2-c2nncn2-3)C1.C[C@@H]1CN(c2ccc3c(c2)Cn2cc(-c4ccc(F)cc4)cc2-c2nnnn2-3)C[C@H](C)N1. The molecule has 3 fully saturated rings. The zero-order valence-corrected chi connectivity index (χ0v) is 55.9. The van der Waals surface area contributed by atoms with Crippen molar-refractivity contribution in [1.29, 1.82) is 10.5 Å². The Morgan fingerprint density at radius 1 is 0.541 bits per heavy atom. The first kappa shape index (κ1) is 61.7. The maximum atomic E-state index is 13.4. The predicted molar refractivity (Wildman–Crippen MR) is 381 cm³/mol. The summed E-state index contributed by atoms with van der Waals surface area (Å²) >= 11 is 0. The van der Waals surface area contributed by atoms with Gasteiger partial charge in [0.05, 0.1) is 63.1 Å². The van der Waals surface area contributed by atoms with E-state index in [1.54, 1.807) is 18.5 Å². The van der Waals surface area contributed by atoms with E-state index in [2.05, 4.69) is 212 Å². The molecule has 6 aliphatic heterocycles. The summed E-state index contributed by atoms with van der Waals surface area (Å²) in [6, 6.07) is 54.1. The Morgan fingerprint density at radius 3 is 1.62 bits per heavy atom. The topological polar surface area (TPSA) is 188 Å². The van der Waals surface area contributed by atoms with Gasteiger partial charge in [0.15, 0.2) is 11.6 Å². The Bertz CT molecular complexity index is 5050. The van der Waals surface area contributed by atoms with E-state index in [9.17, 15) is 4.39 Å². The monoisotopic (exact) mass is 1300 g/mol. The lowest BCUT2D eigenvalue weighted by Gasteiger charge is -2.38. The molecule has 12 aromatic rings. The molecular formula is C78H76FN19. The highest BCUT2D eigenvalue weighted by Gasteiger charge is 2.31. The highest BCUT2D eigenvalue weighted by molar-refractivity contribution is 5.76. The first-order valence-corrected chi connectivity index (χ1v) is 34.0. The number of aromatic nitrogens is 12. The van der Waals surface area contributed by atoms with Gasteiger partial charge in [-0.15, -0.1) is 15.3 Å². The Kier molecular flexibility index (Phi) is 16.0. The van der Waals surface area contributed by atoms with Gasteiger partial charge in [-0.1, -0.05) is 43.3 Å². The molecule has 18 rings (SSSR count). The number of rotatable bonds is 8. The largest absolute Gasteiger partial charge is 0.371 e. The number of halogens is 1. The first-order chi connectivity index (χ1) is 47.8. The molecule has 4 atom stereocenters. The number of tetrazole rings is 1. The fourth-order valence-corrected chi connectivity index (χ4v) is 15.4. The van der Waals surface area contributed by atoms with Gasteiger partial charge in [-0.25, -0.2) is 9.37 Å². The molecule has 0 spiro atoms. The Balaban J connectivity index is 0.000000115. The number of aryl methyl sites for hydroxylation is 1. The van der Waals surface area contributed by atoms with Crippen LogP contribution in [0.15, 0.2) is 171 Å². The lowest BCUT2D eigenvalue weighted by Crippen LogP contribution is -2.54. The number of nitrogens with zero attached hydrogens (tertiary/aromatic N) is 17. The maximum absolute atomic E-state index is 13.4. The van der Waals surface area contributed by atoms with E-state index in [0.717, 1.165) is 150 Å². The van der Waals surface area contributed by atoms with Crippen LogP contribution in [0.25, 0.3) is 85.0 Å². The summed E-state index contributed by atoms with van der Waals surface area (Å²) in [6.07, 6.45) is 10.8. The molecule has 1 unspecified atom stereocenters. The van der Waals surface area contributed by atoms with Crippen molar-refractivity contribution in [2.75, 3.05) is 67.6 Å². The molecule has 0 aliphatic carbocycles. The van der Waals surface area contributed by atoms with Gasteiger partial charge < -0.3 is 39.0 Å². The number of imidazole rings is 1. The second-order valence-corrected chi connectivity index (χ2v) is 27.3. The standard InChI is InChI=1S/C29H30N6.C25H22N6.C24H24FN7/c1-19-20(2)35-27-9-8-26(33-11-10-22(16-33)15-31-3)12-25(27)18-34-17-24(13-28(34)29(35)32-19)23-6-4-21(14-30)5-7-23;1-17-8-9-29(13-17)22-6-7-23-21(10-22)15-30-14-20(19-4-2-18(12-26)3-5-19)11-24(30)25-28-27-16-31(23)25;1-15-11-30(12-16(2)26-15)21-7-8-22-19(9-21)14-31-13-18(17-3-5-20(25)6-4-17)10-23(31)24-27-28-29-32(22)24/h4-9,12-13,17,22,31H,10-11,15-16,18H2,1-3H3;2-7,10-11,14,16-17H,8-9,13,15H2,1H3;3-10,13,15-16,26H,11-12,14H2,1-2H3/t;17-;15-,16+/m.1./s1. The van der Waals surface area contributed by atoms with Crippen LogP contribution in [-0.2, 0) is 19.6 Å². The van der Waals surface area contributed by atoms with Gasteiger partial charge >= 0.3 is 0 Å². The van der Waals surface area contributed by atoms with Crippen LogP contribution in [-0.4, -0.2) is 123 Å². The van der Waals surface area contributed by atoms with Gasteiger partial charge in [-0.05, 0) is 219 Å². The third-order valence-corrected chi connectivity index (χ3v) is 20.4. The van der Waals surface area contributed by atoms with E-state index in [1.807, 2.05) is 60.3 Å². The van der Waals surface area contributed by atoms with Crippen LogP contribution in [0.3, 0.4) is 0 Å². The number of nitriles is 2. The maximum Gasteiger partial charge on any atom is 0.203 e. The normalized spacial score (nSPS) is 17.7. The van der Waals surface area contributed by atoms with Gasteiger partial charge in [-0.3, -0.25) is 9.13 Å². The summed E-state index contributed by atoms with van der Waals surface area (Å²) in [5.74, 6) is 3.75. The second kappa shape index (κ2) is 25.4. The van der Waals surface area contributed by atoms with E-state index in [1.165, 1.54) is 64.5 Å². The number of hydrogen-bond acceptors (Lipinski definition) is 13. The Morgan fingerprint density at radius 2 is 1.05 bits per heavy atom. The van der Waals surface area contributed by atoms with Gasteiger partial charge in [0.25, 0.3) is 0 Å². The first-order valence-electron chi connectivity index (χ1n) is 34.0. The van der Waals surface area contributed by atoms with Crippen LogP contribution in [0.5, 0.6) is 0 Å². The van der Waals surface area contributed by atoms with E-state index < -0.39 is 0 Å². The summed E-state index contributed by atoms with van der Waals surface area (Å²) in [6.45, 7) is 20.8. The van der Waals surface area contributed by atoms with Crippen LogP contribution < -0.4 is 25.3 Å². The fourth-order valence-electron chi connectivity index (χ4n) is 15.4. The smallest absolute Gasteiger partial charge is 0.203 e. The van der Waals surface area contributed by atoms with Crippen LogP contribution in [0.2, 0.25) is 0 Å². The van der Waals surface area contributed by atoms with Crippen molar-refractivity contribution in [3.05, 3.63) is 216 Å². The molecule has 20 heteroatoms. The minimum Gasteiger partial charge on any atom is -0.371 e. The molecule has 19 nitrogen and oxygen atoms in total. The average Bonchev–Trinajstić information content (AvgIpc) is 1.61. The molecule has 0 amide bonds. The lowest BCUT2D eigenvalue weighted by molar-refractivity contribution is 0.407. The van der Waals surface area contributed by atoms with E-state index in [-0.39, 0.29) is 5.82 Å². The molecule has 6 aromatic carbocycles. The average molecular weight is 1300 g/mol. The van der Waals surface area contributed by atoms with Crippen LogP contribution >= 0.6 is 0 Å². The van der Waals surface area contributed by atoms with E-state index in [4.69, 9.17) is 15.5 Å². The molecule has 6 aromatic heterocycles. The highest BCUT2D eigenvalue weighted by atomic mass is 19.1. The molecule has 3 saturated heterocycles. The minimum atomic E-state index is -0.239. The summed E-state index contributed by atoms with van der Waals surface area (Å²) in [4.78, 5) is 12.5. The summed E-state index contributed by atoms with van der Waals surface area (Å²) in [7, 11) is 2.04. The predicted octanol–water partition coefficient (Wildman–Crippen LogP) is 12.9. The lowest BCUT2D eigenvalue weighted by atomic mass is 10.1.